The molecule has 9 nitrogen and oxygen atoms in total. The summed E-state index contributed by atoms with van der Waals surface area (Å²) >= 11 is 1.59. The zero-order valence-corrected chi connectivity index (χ0v) is 20.4. The van der Waals surface area contributed by atoms with Gasteiger partial charge >= 0.3 is 18.1 Å². The molecule has 5 N–H and O–H groups in total. The third-order valence-corrected chi connectivity index (χ3v) is 6.65. The molecule has 0 saturated carbocycles. The Kier molecular flexibility index (Phi) is 10.5. The summed E-state index contributed by atoms with van der Waals surface area (Å²) in [6, 6.07) is 10.3. The Morgan fingerprint density at radius 1 is 0.971 bits per heavy atom. The highest BCUT2D eigenvalue weighted by Gasteiger charge is 2.38. The van der Waals surface area contributed by atoms with Crippen LogP contribution in [-0.2, 0) is 14.8 Å². The second kappa shape index (κ2) is 13.1. The molecule has 0 bridgehead atoms. The number of hydrazine groups is 1. The van der Waals surface area contributed by atoms with Crippen molar-refractivity contribution in [3.63, 3.8) is 0 Å². The number of rotatable bonds is 12. The largest absolute Gasteiger partial charge is 0.472 e. The summed E-state index contributed by atoms with van der Waals surface area (Å²) < 4.78 is 64.4. The molecule has 0 atom stereocenters. The molecule has 2 rings (SSSR count). The molecule has 192 valence electrons. The van der Waals surface area contributed by atoms with E-state index in [4.69, 9.17) is 0 Å². The summed E-state index contributed by atoms with van der Waals surface area (Å²) in [5.41, 5.74) is 4.08. The molecule has 0 aliphatic carbocycles. The number of unbranched alkanes of at least 4 members (excludes halogenated alkanes) is 2. The minimum absolute atomic E-state index is 0.103. The van der Waals surface area contributed by atoms with Gasteiger partial charge in [0.2, 0.25) is 0 Å². The lowest BCUT2D eigenvalue weighted by Crippen LogP contribution is -2.40. The first-order chi connectivity index (χ1) is 16.5. The number of nitrogens with one attached hydrogen (secondary N) is 5. The number of hydrogen-bond donors (Lipinski definition) is 5. The number of amides is 3. The monoisotopic (exact) mass is 533 g/mol. The molecule has 2 aromatic rings. The highest BCUT2D eigenvalue weighted by Crippen LogP contribution is 2.21. The number of alkyl halides is 3. The molecule has 0 aromatic heterocycles. The van der Waals surface area contributed by atoms with Gasteiger partial charge in [0.25, 0.3) is 10.0 Å². The first-order valence-electron chi connectivity index (χ1n) is 10.5. The van der Waals surface area contributed by atoms with Crippen molar-refractivity contribution in [2.24, 2.45) is 0 Å². The number of benzene rings is 2. The van der Waals surface area contributed by atoms with Crippen LogP contribution in [0, 0.1) is 0 Å². The van der Waals surface area contributed by atoms with Gasteiger partial charge in [-0.3, -0.25) is 20.4 Å². The normalized spacial score (nSPS) is 11.4. The Balaban J connectivity index is 1.91. The van der Waals surface area contributed by atoms with Crippen molar-refractivity contribution >= 4 is 50.8 Å². The maximum Gasteiger partial charge on any atom is 0.472 e. The van der Waals surface area contributed by atoms with Gasteiger partial charge < -0.3 is 10.6 Å². The fraction of sp³-hybridized carbons (Fsp3) is 0.333. The SMILES string of the molecule is CCCCCSCNC(=O)Nc1cccc(S(=O)(=O)Nc2ccc(NNC(=O)C(F)(F)F)cc2)c1. The van der Waals surface area contributed by atoms with E-state index in [0.29, 0.717) is 5.88 Å². The molecule has 0 unspecified atom stereocenters. The van der Waals surface area contributed by atoms with Gasteiger partial charge in [-0.1, -0.05) is 25.8 Å². The third-order valence-electron chi connectivity index (χ3n) is 4.34. The number of urea groups is 1. The van der Waals surface area contributed by atoms with E-state index in [1.807, 2.05) is 0 Å². The highest BCUT2D eigenvalue weighted by atomic mass is 32.2. The van der Waals surface area contributed by atoms with E-state index in [-0.39, 0.29) is 22.0 Å². The molecule has 0 heterocycles. The van der Waals surface area contributed by atoms with Crippen molar-refractivity contribution in [3.05, 3.63) is 48.5 Å². The average Bonchev–Trinajstić information content (AvgIpc) is 2.80. The summed E-state index contributed by atoms with van der Waals surface area (Å²) in [6.45, 7) is 2.11. The fourth-order valence-electron chi connectivity index (χ4n) is 2.59. The first-order valence-corrected chi connectivity index (χ1v) is 13.1. The second-order valence-electron chi connectivity index (χ2n) is 7.18. The number of thioether (sulfide) groups is 1. The zero-order chi connectivity index (χ0) is 25.9. The predicted octanol–water partition coefficient (Wildman–Crippen LogP) is 4.50. The number of sulfonamides is 1. The van der Waals surface area contributed by atoms with Gasteiger partial charge in [-0.15, -0.1) is 11.8 Å². The van der Waals surface area contributed by atoms with E-state index in [1.54, 1.807) is 17.8 Å². The van der Waals surface area contributed by atoms with Crippen LogP contribution in [0.1, 0.15) is 26.2 Å². The molecule has 2 aromatic carbocycles. The maximum absolute atomic E-state index is 12.7. The molecule has 35 heavy (non-hydrogen) atoms. The smallest absolute Gasteiger partial charge is 0.329 e. The van der Waals surface area contributed by atoms with Crippen LogP contribution in [0.15, 0.2) is 53.4 Å². The van der Waals surface area contributed by atoms with Crippen molar-refractivity contribution in [1.29, 1.82) is 0 Å². The third kappa shape index (κ3) is 9.94. The van der Waals surface area contributed by atoms with Crippen LogP contribution in [0.2, 0.25) is 0 Å². The number of carbonyl (C=O) groups is 2. The van der Waals surface area contributed by atoms with Crippen LogP contribution in [-0.4, -0.2) is 38.2 Å². The van der Waals surface area contributed by atoms with E-state index in [9.17, 15) is 31.2 Å². The van der Waals surface area contributed by atoms with Crippen molar-refractivity contribution < 1.29 is 31.2 Å². The van der Waals surface area contributed by atoms with Crippen LogP contribution in [0.4, 0.5) is 35.0 Å². The molecule has 3 amide bonds. The van der Waals surface area contributed by atoms with E-state index in [0.717, 1.165) is 25.0 Å². The van der Waals surface area contributed by atoms with Crippen LogP contribution in [0.5, 0.6) is 0 Å². The van der Waals surface area contributed by atoms with Gasteiger partial charge in [0, 0.05) is 11.4 Å². The number of halogens is 3. The minimum Gasteiger partial charge on any atom is -0.329 e. The number of hydrogen-bond acceptors (Lipinski definition) is 6. The Morgan fingerprint density at radius 3 is 2.31 bits per heavy atom. The summed E-state index contributed by atoms with van der Waals surface area (Å²) in [7, 11) is -4.02. The molecule has 14 heteroatoms. The predicted molar refractivity (Wildman–Crippen MR) is 131 cm³/mol. The van der Waals surface area contributed by atoms with Crippen LogP contribution < -0.4 is 26.2 Å². The van der Waals surface area contributed by atoms with Gasteiger partial charge in [-0.2, -0.15) is 13.2 Å². The average molecular weight is 534 g/mol. The molecular weight excluding hydrogens is 507 g/mol. The van der Waals surface area contributed by atoms with E-state index >= 15 is 0 Å². The van der Waals surface area contributed by atoms with E-state index in [2.05, 4.69) is 27.7 Å². The first kappa shape index (κ1) is 28.1. The second-order valence-corrected chi connectivity index (χ2v) is 9.97. The van der Waals surface area contributed by atoms with Gasteiger partial charge in [-0.05, 0) is 54.6 Å². The van der Waals surface area contributed by atoms with Gasteiger partial charge in [0.1, 0.15) is 0 Å². The van der Waals surface area contributed by atoms with Gasteiger partial charge in [0.15, 0.2) is 0 Å². The number of carbonyl (C=O) groups excluding carboxylic acids is 2. The summed E-state index contributed by atoms with van der Waals surface area (Å²) in [4.78, 5) is 22.8. The Bertz CT molecular complexity index is 1100. The molecule has 0 saturated heterocycles. The van der Waals surface area contributed by atoms with Crippen molar-refractivity contribution in [2.45, 2.75) is 37.3 Å². The lowest BCUT2D eigenvalue weighted by atomic mass is 10.3. The van der Waals surface area contributed by atoms with Crippen LogP contribution >= 0.6 is 11.8 Å². The Hall–Kier alpha value is -3.13. The van der Waals surface area contributed by atoms with Crippen molar-refractivity contribution in [3.8, 4) is 0 Å². The Labute approximate surface area is 205 Å². The van der Waals surface area contributed by atoms with Crippen LogP contribution in [0.3, 0.4) is 0 Å². The fourth-order valence-corrected chi connectivity index (χ4v) is 4.48. The summed E-state index contributed by atoms with van der Waals surface area (Å²) in [6.07, 6.45) is -1.71. The molecule has 0 fully saturated rings. The quantitative estimate of drug-likeness (QED) is 0.155. The molecule has 0 radical (unpaired) electrons. The van der Waals surface area contributed by atoms with Gasteiger partial charge in [0.05, 0.1) is 16.5 Å². The Morgan fingerprint density at radius 2 is 1.66 bits per heavy atom. The number of anilines is 3. The highest BCUT2D eigenvalue weighted by molar-refractivity contribution is 7.99. The van der Waals surface area contributed by atoms with E-state index in [1.165, 1.54) is 47.9 Å². The molecule has 0 aliphatic heterocycles. The lowest BCUT2D eigenvalue weighted by molar-refractivity contribution is -0.173. The maximum atomic E-state index is 12.7. The summed E-state index contributed by atoms with van der Waals surface area (Å²) in [5, 5.41) is 5.27. The van der Waals surface area contributed by atoms with Crippen molar-refractivity contribution in [2.75, 3.05) is 27.1 Å². The van der Waals surface area contributed by atoms with E-state index < -0.39 is 28.1 Å². The zero-order valence-electron chi connectivity index (χ0n) is 18.7. The van der Waals surface area contributed by atoms with Crippen LogP contribution in [0.25, 0.3) is 0 Å². The lowest BCUT2D eigenvalue weighted by Gasteiger charge is -2.12. The summed E-state index contributed by atoms with van der Waals surface area (Å²) in [5.74, 6) is -0.803. The van der Waals surface area contributed by atoms with Gasteiger partial charge in [-0.25, -0.2) is 13.2 Å². The molecule has 0 spiro atoms. The standard InChI is InChI=1S/C21H26F3N5O4S2/c1-2-3-4-12-34-14-25-20(31)26-17-6-5-7-18(13-17)35(32,33)29-16-10-8-15(9-11-16)27-28-19(30)21(22,23)24/h5-11,13,27,29H,2-4,12,14H2,1H3,(H,28,30)(H2,25,26,31). The van der Waals surface area contributed by atoms with Crippen molar-refractivity contribution in [1.82, 2.24) is 10.7 Å². The topological polar surface area (TPSA) is 128 Å². The molecular formula is C21H26F3N5O4S2. The minimum atomic E-state index is -5.04. The molecule has 0 aliphatic rings.